The van der Waals surface area contributed by atoms with E-state index >= 15 is 0 Å². The SMILES string of the molecule is CC(C)[C@@H](CC(=O)O)NC(=O)C1COCC1NC(=O)OCC1c2ccccc2-c2ccccc21. The summed E-state index contributed by atoms with van der Waals surface area (Å²) in [7, 11) is 0. The van der Waals surface area contributed by atoms with Crippen LogP contribution in [0.2, 0.25) is 0 Å². The van der Waals surface area contributed by atoms with E-state index < -0.39 is 30.1 Å². The number of alkyl carbamates (subject to hydrolysis) is 1. The lowest BCUT2D eigenvalue weighted by atomic mass is 9.97. The van der Waals surface area contributed by atoms with E-state index in [1.807, 2.05) is 38.1 Å². The maximum atomic E-state index is 12.8. The number of nitrogens with one attached hydrogen (secondary N) is 2. The van der Waals surface area contributed by atoms with Crippen molar-refractivity contribution >= 4 is 18.0 Å². The van der Waals surface area contributed by atoms with Crippen molar-refractivity contribution in [3.05, 3.63) is 59.7 Å². The van der Waals surface area contributed by atoms with E-state index in [9.17, 15) is 14.4 Å². The number of hydrogen-bond donors (Lipinski definition) is 3. The molecule has 1 aliphatic heterocycles. The summed E-state index contributed by atoms with van der Waals surface area (Å²) in [5, 5.41) is 14.7. The number of carboxylic acids is 1. The second-order valence-corrected chi connectivity index (χ2v) is 9.18. The van der Waals surface area contributed by atoms with Crippen LogP contribution in [0, 0.1) is 11.8 Å². The van der Waals surface area contributed by atoms with Crippen LogP contribution in [0.25, 0.3) is 11.1 Å². The van der Waals surface area contributed by atoms with Crippen LogP contribution in [0.1, 0.15) is 37.3 Å². The molecule has 0 bridgehead atoms. The normalized spacial score (nSPS) is 19.9. The summed E-state index contributed by atoms with van der Waals surface area (Å²) in [5.41, 5.74) is 4.54. The number of hydrogen-bond acceptors (Lipinski definition) is 5. The topological polar surface area (TPSA) is 114 Å². The number of rotatable bonds is 8. The second-order valence-electron chi connectivity index (χ2n) is 9.18. The Morgan fingerprint density at radius 1 is 1.03 bits per heavy atom. The average molecular weight is 467 g/mol. The molecule has 1 saturated heterocycles. The van der Waals surface area contributed by atoms with Gasteiger partial charge in [-0.3, -0.25) is 9.59 Å². The number of carbonyl (C=O) groups excluding carboxylic acids is 2. The molecule has 1 aliphatic carbocycles. The summed E-state index contributed by atoms with van der Waals surface area (Å²) >= 11 is 0. The first-order valence-corrected chi connectivity index (χ1v) is 11.6. The van der Waals surface area contributed by atoms with E-state index in [0.717, 1.165) is 22.3 Å². The van der Waals surface area contributed by atoms with Crippen molar-refractivity contribution in [2.24, 2.45) is 11.8 Å². The minimum absolute atomic E-state index is 0.0455. The molecule has 0 saturated carbocycles. The van der Waals surface area contributed by atoms with Gasteiger partial charge in [-0.2, -0.15) is 0 Å². The summed E-state index contributed by atoms with van der Waals surface area (Å²) in [4.78, 5) is 36.5. The van der Waals surface area contributed by atoms with Crippen LogP contribution >= 0.6 is 0 Å². The molecule has 180 valence electrons. The minimum atomic E-state index is -0.977. The first-order valence-electron chi connectivity index (χ1n) is 11.6. The highest BCUT2D eigenvalue weighted by Gasteiger charge is 2.37. The van der Waals surface area contributed by atoms with Crippen molar-refractivity contribution < 1.29 is 29.0 Å². The third-order valence-electron chi connectivity index (χ3n) is 6.59. The molecule has 1 heterocycles. The molecule has 3 atom stereocenters. The third-order valence-corrected chi connectivity index (χ3v) is 6.59. The number of benzene rings is 2. The Labute approximate surface area is 198 Å². The Kier molecular flexibility index (Phi) is 7.17. The highest BCUT2D eigenvalue weighted by Crippen LogP contribution is 2.44. The molecule has 2 aliphatic rings. The Morgan fingerprint density at radius 2 is 1.65 bits per heavy atom. The van der Waals surface area contributed by atoms with Gasteiger partial charge in [-0.15, -0.1) is 0 Å². The monoisotopic (exact) mass is 466 g/mol. The zero-order valence-corrected chi connectivity index (χ0v) is 19.3. The Balaban J connectivity index is 1.36. The van der Waals surface area contributed by atoms with Gasteiger partial charge in [-0.05, 0) is 28.2 Å². The van der Waals surface area contributed by atoms with E-state index in [1.54, 1.807) is 0 Å². The molecule has 2 aromatic rings. The van der Waals surface area contributed by atoms with Crippen LogP contribution in [-0.4, -0.2) is 55.0 Å². The van der Waals surface area contributed by atoms with Gasteiger partial charge in [0.15, 0.2) is 0 Å². The predicted molar refractivity (Wildman–Crippen MR) is 125 cm³/mol. The van der Waals surface area contributed by atoms with Crippen molar-refractivity contribution in [2.75, 3.05) is 19.8 Å². The molecule has 2 unspecified atom stereocenters. The quantitative estimate of drug-likeness (QED) is 0.551. The van der Waals surface area contributed by atoms with Crippen LogP contribution in [0.15, 0.2) is 48.5 Å². The number of carboxylic acid groups (broad SMARTS) is 1. The van der Waals surface area contributed by atoms with E-state index in [-0.39, 0.29) is 44.0 Å². The maximum absolute atomic E-state index is 12.8. The number of fused-ring (bicyclic) bond motifs is 3. The number of carbonyl (C=O) groups is 3. The van der Waals surface area contributed by atoms with Gasteiger partial charge in [0.05, 0.1) is 31.6 Å². The van der Waals surface area contributed by atoms with Crippen LogP contribution in [0.3, 0.4) is 0 Å². The maximum Gasteiger partial charge on any atom is 0.407 e. The fourth-order valence-electron chi connectivity index (χ4n) is 4.68. The van der Waals surface area contributed by atoms with Gasteiger partial charge in [0.25, 0.3) is 0 Å². The molecule has 34 heavy (non-hydrogen) atoms. The molecule has 4 rings (SSSR count). The highest BCUT2D eigenvalue weighted by molar-refractivity contribution is 5.82. The Bertz CT molecular complexity index is 1020. The lowest BCUT2D eigenvalue weighted by molar-refractivity contribution is -0.138. The smallest absolute Gasteiger partial charge is 0.407 e. The fourth-order valence-corrected chi connectivity index (χ4v) is 4.68. The average Bonchev–Trinajstić information content (AvgIpc) is 3.39. The minimum Gasteiger partial charge on any atom is -0.481 e. The molecule has 1 fully saturated rings. The molecular formula is C26H30N2O6. The fraction of sp³-hybridized carbons (Fsp3) is 0.423. The van der Waals surface area contributed by atoms with Gasteiger partial charge < -0.3 is 25.2 Å². The van der Waals surface area contributed by atoms with Crippen molar-refractivity contribution in [3.8, 4) is 11.1 Å². The molecule has 2 amide bonds. The van der Waals surface area contributed by atoms with Crippen molar-refractivity contribution in [2.45, 2.75) is 38.3 Å². The zero-order valence-electron chi connectivity index (χ0n) is 19.3. The number of aliphatic carboxylic acids is 1. The zero-order chi connectivity index (χ0) is 24.2. The molecular weight excluding hydrogens is 436 g/mol. The molecule has 0 aromatic heterocycles. The molecule has 0 radical (unpaired) electrons. The molecule has 3 N–H and O–H groups in total. The largest absolute Gasteiger partial charge is 0.481 e. The first-order chi connectivity index (χ1) is 16.3. The summed E-state index contributed by atoms with van der Waals surface area (Å²) in [6.07, 6.45) is -0.775. The van der Waals surface area contributed by atoms with Gasteiger partial charge in [-0.1, -0.05) is 62.4 Å². The van der Waals surface area contributed by atoms with Crippen LogP contribution < -0.4 is 10.6 Å². The standard InChI is InChI=1S/C26H30N2O6/c1-15(2)22(11-24(29)30)27-25(31)21-12-33-14-23(21)28-26(32)34-13-20-18-9-5-3-7-16(18)17-8-4-6-10-19(17)20/h3-10,15,20-23H,11-14H2,1-2H3,(H,27,31)(H,28,32)(H,29,30)/t21?,22-,23?/m1/s1. The molecule has 2 aromatic carbocycles. The van der Waals surface area contributed by atoms with Crippen molar-refractivity contribution in [1.82, 2.24) is 10.6 Å². The van der Waals surface area contributed by atoms with Gasteiger partial charge in [0.1, 0.15) is 6.61 Å². The van der Waals surface area contributed by atoms with E-state index in [2.05, 4.69) is 34.9 Å². The highest BCUT2D eigenvalue weighted by atomic mass is 16.5. The van der Waals surface area contributed by atoms with Crippen LogP contribution in [-0.2, 0) is 19.1 Å². The van der Waals surface area contributed by atoms with Gasteiger partial charge in [0, 0.05) is 12.0 Å². The van der Waals surface area contributed by atoms with Crippen molar-refractivity contribution in [3.63, 3.8) is 0 Å². The first kappa shape index (κ1) is 23.8. The predicted octanol–water partition coefficient (Wildman–Crippen LogP) is 3.16. The second kappa shape index (κ2) is 10.3. The van der Waals surface area contributed by atoms with E-state index in [0.29, 0.717) is 0 Å². The molecule has 8 heteroatoms. The van der Waals surface area contributed by atoms with Gasteiger partial charge in [-0.25, -0.2) is 4.79 Å². The van der Waals surface area contributed by atoms with Crippen molar-refractivity contribution in [1.29, 1.82) is 0 Å². The molecule has 8 nitrogen and oxygen atoms in total. The summed E-state index contributed by atoms with van der Waals surface area (Å²) in [6.45, 7) is 4.22. The van der Waals surface area contributed by atoms with Gasteiger partial charge >= 0.3 is 12.1 Å². The van der Waals surface area contributed by atoms with Gasteiger partial charge in [0.2, 0.25) is 5.91 Å². The van der Waals surface area contributed by atoms with Crippen LogP contribution in [0.5, 0.6) is 0 Å². The molecule has 0 spiro atoms. The number of amides is 2. The Morgan fingerprint density at radius 3 is 2.24 bits per heavy atom. The summed E-state index contributed by atoms with van der Waals surface area (Å²) in [5.74, 6) is -2.03. The lowest BCUT2D eigenvalue weighted by Gasteiger charge is -2.25. The number of ether oxygens (including phenoxy) is 2. The third kappa shape index (κ3) is 5.07. The summed E-state index contributed by atoms with van der Waals surface area (Å²) in [6, 6.07) is 15.1. The lowest BCUT2D eigenvalue weighted by Crippen LogP contribution is -2.50. The van der Waals surface area contributed by atoms with E-state index in [4.69, 9.17) is 14.6 Å². The Hall–Kier alpha value is -3.39. The van der Waals surface area contributed by atoms with E-state index in [1.165, 1.54) is 0 Å². The van der Waals surface area contributed by atoms with Crippen LogP contribution in [0.4, 0.5) is 4.79 Å². The summed E-state index contributed by atoms with van der Waals surface area (Å²) < 4.78 is 11.0.